The fourth-order valence-electron chi connectivity index (χ4n) is 2.49. The Morgan fingerprint density at radius 1 is 1.14 bits per heavy atom. The molecule has 0 saturated carbocycles. The molecule has 0 aliphatic carbocycles. The number of hydrogen-bond acceptors (Lipinski definition) is 3. The van der Waals surface area contributed by atoms with Crippen molar-refractivity contribution in [1.29, 1.82) is 5.26 Å². The van der Waals surface area contributed by atoms with E-state index in [-0.39, 0.29) is 0 Å². The SMILES string of the molecule is Cc1ccc(C(CNCc2cccc(C#N)c2)N(C)C)cc1. The molecular formula is C19H23N3. The fraction of sp³-hybridized carbons (Fsp3) is 0.316. The lowest BCUT2D eigenvalue weighted by atomic mass is 10.0. The zero-order valence-corrected chi connectivity index (χ0v) is 13.5. The quantitative estimate of drug-likeness (QED) is 0.888. The van der Waals surface area contributed by atoms with E-state index < -0.39 is 0 Å². The van der Waals surface area contributed by atoms with Crippen LogP contribution in [-0.4, -0.2) is 25.5 Å². The Hall–Kier alpha value is -2.15. The van der Waals surface area contributed by atoms with E-state index in [0.717, 1.165) is 18.7 Å². The molecule has 1 N–H and O–H groups in total. The maximum absolute atomic E-state index is 8.94. The number of aryl methyl sites for hydroxylation is 1. The highest BCUT2D eigenvalue weighted by molar-refractivity contribution is 5.32. The Kier molecular flexibility index (Phi) is 5.71. The van der Waals surface area contributed by atoms with E-state index >= 15 is 0 Å². The predicted molar refractivity (Wildman–Crippen MR) is 90.5 cm³/mol. The van der Waals surface area contributed by atoms with Crippen LogP contribution in [0.15, 0.2) is 48.5 Å². The molecule has 0 bridgehead atoms. The third-order valence-corrected chi connectivity index (χ3v) is 3.81. The highest BCUT2D eigenvalue weighted by Gasteiger charge is 2.13. The van der Waals surface area contributed by atoms with Gasteiger partial charge in [-0.3, -0.25) is 0 Å². The van der Waals surface area contributed by atoms with Crippen molar-refractivity contribution in [3.63, 3.8) is 0 Å². The molecular weight excluding hydrogens is 270 g/mol. The highest BCUT2D eigenvalue weighted by Crippen LogP contribution is 2.18. The molecule has 1 unspecified atom stereocenters. The molecule has 2 rings (SSSR count). The van der Waals surface area contributed by atoms with E-state index in [1.165, 1.54) is 11.1 Å². The summed E-state index contributed by atoms with van der Waals surface area (Å²) in [4.78, 5) is 2.23. The molecule has 0 spiro atoms. The summed E-state index contributed by atoms with van der Waals surface area (Å²) >= 11 is 0. The van der Waals surface area contributed by atoms with Gasteiger partial charge >= 0.3 is 0 Å². The second-order valence-corrected chi connectivity index (χ2v) is 5.83. The zero-order valence-electron chi connectivity index (χ0n) is 13.5. The maximum Gasteiger partial charge on any atom is 0.0991 e. The Bertz CT molecular complexity index is 638. The van der Waals surface area contributed by atoms with Crippen molar-refractivity contribution < 1.29 is 0 Å². The van der Waals surface area contributed by atoms with Crippen molar-refractivity contribution in [3.8, 4) is 6.07 Å². The van der Waals surface area contributed by atoms with Gasteiger partial charge in [0.2, 0.25) is 0 Å². The van der Waals surface area contributed by atoms with Gasteiger partial charge in [-0.2, -0.15) is 5.26 Å². The van der Waals surface area contributed by atoms with Gasteiger partial charge in [-0.1, -0.05) is 42.0 Å². The lowest BCUT2D eigenvalue weighted by Gasteiger charge is -2.25. The summed E-state index contributed by atoms with van der Waals surface area (Å²) in [7, 11) is 4.20. The largest absolute Gasteiger partial charge is 0.311 e. The molecule has 0 amide bonds. The number of nitrogens with zero attached hydrogens (tertiary/aromatic N) is 2. The third-order valence-electron chi connectivity index (χ3n) is 3.81. The predicted octanol–water partition coefficient (Wildman–Crippen LogP) is 3.26. The lowest BCUT2D eigenvalue weighted by molar-refractivity contribution is 0.288. The number of nitrogens with one attached hydrogen (secondary N) is 1. The minimum absolute atomic E-state index is 0.333. The lowest BCUT2D eigenvalue weighted by Crippen LogP contribution is -2.30. The average Bonchev–Trinajstić information content (AvgIpc) is 2.52. The van der Waals surface area contributed by atoms with Crippen molar-refractivity contribution in [2.75, 3.05) is 20.6 Å². The van der Waals surface area contributed by atoms with Crippen LogP contribution in [0.5, 0.6) is 0 Å². The molecule has 114 valence electrons. The summed E-state index contributed by atoms with van der Waals surface area (Å²) in [5.74, 6) is 0. The Balaban J connectivity index is 1.97. The van der Waals surface area contributed by atoms with Crippen molar-refractivity contribution in [2.24, 2.45) is 0 Å². The number of hydrogen-bond donors (Lipinski definition) is 1. The molecule has 0 heterocycles. The standard InChI is InChI=1S/C19H23N3/c1-15-7-9-18(10-8-15)19(22(2)3)14-21-13-17-6-4-5-16(11-17)12-20/h4-11,19,21H,13-14H2,1-3H3. The van der Waals surface area contributed by atoms with Gasteiger partial charge in [0.25, 0.3) is 0 Å². The summed E-state index contributed by atoms with van der Waals surface area (Å²) < 4.78 is 0. The minimum Gasteiger partial charge on any atom is -0.311 e. The molecule has 1 atom stereocenters. The molecule has 0 aliphatic heterocycles. The molecule has 3 nitrogen and oxygen atoms in total. The Morgan fingerprint density at radius 3 is 2.50 bits per heavy atom. The molecule has 0 saturated heterocycles. The Labute approximate surface area is 133 Å². The van der Waals surface area contributed by atoms with Crippen LogP contribution in [0.25, 0.3) is 0 Å². The first-order chi connectivity index (χ1) is 10.6. The summed E-state index contributed by atoms with van der Waals surface area (Å²) in [6.45, 7) is 3.74. The van der Waals surface area contributed by atoms with Crippen molar-refractivity contribution in [2.45, 2.75) is 19.5 Å². The van der Waals surface area contributed by atoms with Gasteiger partial charge in [0, 0.05) is 19.1 Å². The van der Waals surface area contributed by atoms with Crippen LogP contribution in [0, 0.1) is 18.3 Å². The monoisotopic (exact) mass is 293 g/mol. The van der Waals surface area contributed by atoms with Gasteiger partial charge in [-0.25, -0.2) is 0 Å². The first kappa shape index (κ1) is 16.2. The molecule has 0 aliphatic rings. The molecule has 22 heavy (non-hydrogen) atoms. The molecule has 0 aromatic heterocycles. The number of rotatable bonds is 6. The van der Waals surface area contributed by atoms with Crippen LogP contribution in [0.2, 0.25) is 0 Å². The normalized spacial score (nSPS) is 12.1. The second kappa shape index (κ2) is 7.74. The number of benzene rings is 2. The van der Waals surface area contributed by atoms with Gasteiger partial charge in [0.1, 0.15) is 0 Å². The first-order valence-corrected chi connectivity index (χ1v) is 7.53. The smallest absolute Gasteiger partial charge is 0.0991 e. The topological polar surface area (TPSA) is 39.1 Å². The third kappa shape index (κ3) is 4.42. The molecule has 3 heteroatoms. The van der Waals surface area contributed by atoms with Gasteiger partial charge < -0.3 is 10.2 Å². The van der Waals surface area contributed by atoms with Crippen LogP contribution in [0.3, 0.4) is 0 Å². The van der Waals surface area contributed by atoms with E-state index in [1.807, 2.05) is 24.3 Å². The molecule has 0 radical (unpaired) electrons. The molecule has 2 aromatic rings. The van der Waals surface area contributed by atoms with E-state index in [2.05, 4.69) is 61.6 Å². The van der Waals surface area contributed by atoms with Crippen LogP contribution >= 0.6 is 0 Å². The first-order valence-electron chi connectivity index (χ1n) is 7.53. The highest BCUT2D eigenvalue weighted by atomic mass is 15.1. The zero-order chi connectivity index (χ0) is 15.9. The molecule has 2 aromatic carbocycles. The average molecular weight is 293 g/mol. The summed E-state index contributed by atoms with van der Waals surface area (Å²) in [6, 6.07) is 18.9. The number of likely N-dealkylation sites (N-methyl/N-ethyl adjacent to an activating group) is 1. The van der Waals surface area contributed by atoms with E-state index in [9.17, 15) is 0 Å². The van der Waals surface area contributed by atoms with Gasteiger partial charge in [0.05, 0.1) is 11.6 Å². The van der Waals surface area contributed by atoms with Crippen LogP contribution in [0.4, 0.5) is 0 Å². The van der Waals surface area contributed by atoms with E-state index in [4.69, 9.17) is 5.26 Å². The van der Waals surface area contributed by atoms with Gasteiger partial charge in [-0.15, -0.1) is 0 Å². The van der Waals surface area contributed by atoms with Crippen molar-refractivity contribution in [3.05, 3.63) is 70.8 Å². The van der Waals surface area contributed by atoms with Crippen LogP contribution in [0.1, 0.15) is 28.3 Å². The fourth-order valence-corrected chi connectivity index (χ4v) is 2.49. The minimum atomic E-state index is 0.333. The van der Waals surface area contributed by atoms with Gasteiger partial charge in [0.15, 0.2) is 0 Å². The number of nitriles is 1. The van der Waals surface area contributed by atoms with Crippen LogP contribution in [-0.2, 0) is 6.54 Å². The van der Waals surface area contributed by atoms with Gasteiger partial charge in [-0.05, 0) is 44.3 Å². The maximum atomic E-state index is 8.94. The summed E-state index contributed by atoms with van der Waals surface area (Å²) in [5, 5.41) is 12.4. The van der Waals surface area contributed by atoms with Crippen molar-refractivity contribution in [1.82, 2.24) is 10.2 Å². The summed E-state index contributed by atoms with van der Waals surface area (Å²) in [6.07, 6.45) is 0. The van der Waals surface area contributed by atoms with Crippen molar-refractivity contribution >= 4 is 0 Å². The van der Waals surface area contributed by atoms with E-state index in [0.29, 0.717) is 11.6 Å². The second-order valence-electron chi connectivity index (χ2n) is 5.83. The van der Waals surface area contributed by atoms with E-state index in [1.54, 1.807) is 0 Å². The summed E-state index contributed by atoms with van der Waals surface area (Å²) in [5.41, 5.74) is 4.44. The molecule has 0 fully saturated rings. The Morgan fingerprint density at radius 2 is 1.86 bits per heavy atom. The van der Waals surface area contributed by atoms with Crippen LogP contribution < -0.4 is 5.32 Å².